The zero-order valence-corrected chi connectivity index (χ0v) is 17.5. The van der Waals surface area contributed by atoms with Crippen LogP contribution in [0, 0.1) is 5.82 Å². The molecule has 1 heterocycles. The van der Waals surface area contributed by atoms with E-state index in [9.17, 15) is 19.1 Å². The summed E-state index contributed by atoms with van der Waals surface area (Å²) in [6, 6.07) is 13.8. The molecule has 0 saturated heterocycles. The molecule has 156 valence electrons. The molecule has 8 heteroatoms. The van der Waals surface area contributed by atoms with Crippen LogP contribution in [0.15, 0.2) is 68.7 Å². The fourth-order valence-electron chi connectivity index (χ4n) is 2.85. The molecule has 0 fully saturated rings. The molecule has 0 radical (unpaired) electrons. The van der Waals surface area contributed by atoms with Gasteiger partial charge in [0.15, 0.2) is 5.76 Å². The summed E-state index contributed by atoms with van der Waals surface area (Å²) in [5.41, 5.74) is 0.0152. The molecule has 5 nitrogen and oxygen atoms in total. The Morgan fingerprint density at radius 3 is 2.50 bits per heavy atom. The van der Waals surface area contributed by atoms with Gasteiger partial charge in [0, 0.05) is 16.0 Å². The van der Waals surface area contributed by atoms with Crippen LogP contribution in [0.1, 0.15) is 29.4 Å². The van der Waals surface area contributed by atoms with Crippen molar-refractivity contribution in [3.05, 3.63) is 92.7 Å². The number of carbonyl (C=O) groups is 1. The number of thioether (sulfide) groups is 1. The van der Waals surface area contributed by atoms with E-state index in [0.29, 0.717) is 16.3 Å². The molecule has 2 aromatic carbocycles. The van der Waals surface area contributed by atoms with Gasteiger partial charge in [-0.05, 0) is 42.0 Å². The Morgan fingerprint density at radius 2 is 1.87 bits per heavy atom. The van der Waals surface area contributed by atoms with Crippen LogP contribution in [0.25, 0.3) is 0 Å². The standard InChI is InChI=1S/C22H18ClFO5S/c1-28-20(26)11-18(13-2-4-14(23)5-3-13)22-21(27)19(25)10-16(29-22)12-30-17-8-6-15(24)7-9-17/h2-10,18,27H,11-12H2,1H3/t18-/m0/s1. The summed E-state index contributed by atoms with van der Waals surface area (Å²) in [7, 11) is 1.26. The lowest BCUT2D eigenvalue weighted by Gasteiger charge is -2.17. The van der Waals surface area contributed by atoms with E-state index >= 15 is 0 Å². The summed E-state index contributed by atoms with van der Waals surface area (Å²) >= 11 is 7.29. The lowest BCUT2D eigenvalue weighted by atomic mass is 9.92. The Morgan fingerprint density at radius 1 is 1.20 bits per heavy atom. The largest absolute Gasteiger partial charge is 0.502 e. The van der Waals surface area contributed by atoms with Crippen LogP contribution < -0.4 is 5.43 Å². The molecule has 0 spiro atoms. The second-order valence-corrected chi connectivity index (χ2v) is 7.90. The van der Waals surface area contributed by atoms with Crippen LogP contribution in [0.3, 0.4) is 0 Å². The van der Waals surface area contributed by atoms with E-state index in [-0.39, 0.29) is 23.8 Å². The van der Waals surface area contributed by atoms with Gasteiger partial charge in [-0.1, -0.05) is 23.7 Å². The van der Waals surface area contributed by atoms with Crippen molar-refractivity contribution < 1.29 is 23.4 Å². The summed E-state index contributed by atoms with van der Waals surface area (Å²) in [6.07, 6.45) is -0.136. The number of hydrogen-bond acceptors (Lipinski definition) is 6. The fraction of sp³-hybridized carbons (Fsp3) is 0.182. The highest BCUT2D eigenvalue weighted by Crippen LogP contribution is 2.35. The van der Waals surface area contributed by atoms with E-state index in [1.165, 1.54) is 37.1 Å². The number of esters is 1. The Kier molecular flexibility index (Phi) is 7.18. The van der Waals surface area contributed by atoms with Gasteiger partial charge in [0.05, 0.1) is 25.2 Å². The van der Waals surface area contributed by atoms with Gasteiger partial charge < -0.3 is 14.3 Å². The van der Waals surface area contributed by atoms with Gasteiger partial charge in [-0.2, -0.15) is 0 Å². The number of hydrogen-bond donors (Lipinski definition) is 1. The maximum Gasteiger partial charge on any atom is 0.306 e. The summed E-state index contributed by atoms with van der Waals surface area (Å²) in [6.45, 7) is 0. The van der Waals surface area contributed by atoms with E-state index in [1.54, 1.807) is 36.4 Å². The first kappa shape index (κ1) is 21.9. The third kappa shape index (κ3) is 5.43. The van der Waals surface area contributed by atoms with Gasteiger partial charge in [-0.3, -0.25) is 9.59 Å². The molecule has 0 saturated carbocycles. The van der Waals surface area contributed by atoms with E-state index < -0.39 is 23.1 Å². The molecule has 0 unspecified atom stereocenters. The second-order valence-electron chi connectivity index (χ2n) is 6.42. The number of halogens is 2. The highest BCUT2D eigenvalue weighted by atomic mass is 35.5. The Balaban J connectivity index is 1.95. The predicted molar refractivity (Wildman–Crippen MR) is 113 cm³/mol. The zero-order chi connectivity index (χ0) is 21.7. The van der Waals surface area contributed by atoms with Gasteiger partial charge in [-0.25, -0.2) is 4.39 Å². The van der Waals surface area contributed by atoms with Crippen LogP contribution in [0.4, 0.5) is 4.39 Å². The lowest BCUT2D eigenvalue weighted by Crippen LogP contribution is -2.14. The quantitative estimate of drug-likeness (QED) is 0.399. The average Bonchev–Trinajstić information content (AvgIpc) is 2.74. The Labute approximate surface area is 181 Å². The third-order valence-corrected chi connectivity index (χ3v) is 5.67. The van der Waals surface area contributed by atoms with E-state index in [2.05, 4.69) is 0 Å². The molecule has 0 aliphatic carbocycles. The second kappa shape index (κ2) is 9.82. The lowest BCUT2D eigenvalue weighted by molar-refractivity contribution is -0.140. The molecule has 1 aromatic heterocycles. The third-order valence-electron chi connectivity index (χ3n) is 4.38. The van der Waals surface area contributed by atoms with Gasteiger partial charge in [-0.15, -0.1) is 11.8 Å². The minimum atomic E-state index is -0.738. The summed E-state index contributed by atoms with van der Waals surface area (Å²) < 4.78 is 23.7. The molecule has 1 atom stereocenters. The van der Waals surface area contributed by atoms with Crippen molar-refractivity contribution in [1.29, 1.82) is 0 Å². The number of ether oxygens (including phenoxy) is 1. The van der Waals surface area contributed by atoms with Crippen LogP contribution >= 0.6 is 23.4 Å². The number of rotatable bonds is 7. The fourth-order valence-corrected chi connectivity index (χ4v) is 3.76. The van der Waals surface area contributed by atoms with Crippen LogP contribution in [0.2, 0.25) is 5.02 Å². The maximum atomic E-state index is 13.1. The summed E-state index contributed by atoms with van der Waals surface area (Å²) in [4.78, 5) is 25.1. The van der Waals surface area contributed by atoms with Gasteiger partial charge >= 0.3 is 5.97 Å². The van der Waals surface area contributed by atoms with Crippen LogP contribution in [-0.2, 0) is 15.3 Å². The Bertz CT molecular complexity index is 1080. The van der Waals surface area contributed by atoms with Crippen molar-refractivity contribution >= 4 is 29.3 Å². The minimum absolute atomic E-state index is 0.0232. The molecule has 3 aromatic rings. The number of methoxy groups -OCH3 is 1. The maximum absolute atomic E-state index is 13.1. The summed E-state index contributed by atoms with van der Waals surface area (Å²) in [5.74, 6) is -1.60. The van der Waals surface area contributed by atoms with Gasteiger partial charge in [0.2, 0.25) is 11.2 Å². The molecule has 0 aliphatic heterocycles. The van der Waals surface area contributed by atoms with Crippen molar-refractivity contribution in [2.45, 2.75) is 23.0 Å². The van der Waals surface area contributed by atoms with Gasteiger partial charge in [0.25, 0.3) is 0 Å². The molecule has 0 bridgehead atoms. The SMILES string of the molecule is COC(=O)C[C@@H](c1ccc(Cl)cc1)c1oc(CSc2ccc(F)cc2)cc(=O)c1O. The number of aromatic hydroxyl groups is 1. The van der Waals surface area contributed by atoms with E-state index in [1.807, 2.05) is 0 Å². The molecular formula is C22H18ClFO5S. The highest BCUT2D eigenvalue weighted by Gasteiger charge is 2.26. The van der Waals surface area contributed by atoms with E-state index in [0.717, 1.165) is 4.90 Å². The van der Waals surface area contributed by atoms with Crippen molar-refractivity contribution in [2.75, 3.05) is 7.11 Å². The first-order valence-electron chi connectivity index (χ1n) is 8.94. The monoisotopic (exact) mass is 448 g/mol. The molecule has 1 N–H and O–H groups in total. The molecular weight excluding hydrogens is 431 g/mol. The van der Waals surface area contributed by atoms with E-state index in [4.69, 9.17) is 20.8 Å². The molecule has 30 heavy (non-hydrogen) atoms. The van der Waals surface area contributed by atoms with Crippen molar-refractivity contribution in [3.8, 4) is 5.75 Å². The minimum Gasteiger partial charge on any atom is -0.502 e. The highest BCUT2D eigenvalue weighted by molar-refractivity contribution is 7.98. The van der Waals surface area contributed by atoms with Crippen molar-refractivity contribution in [2.24, 2.45) is 0 Å². The van der Waals surface area contributed by atoms with Crippen molar-refractivity contribution in [3.63, 3.8) is 0 Å². The normalized spacial score (nSPS) is 11.8. The number of carbonyl (C=O) groups excluding carboxylic acids is 1. The number of benzene rings is 2. The molecule has 0 aliphatic rings. The first-order chi connectivity index (χ1) is 14.4. The zero-order valence-electron chi connectivity index (χ0n) is 15.9. The first-order valence-corrected chi connectivity index (χ1v) is 10.3. The predicted octanol–water partition coefficient (Wildman–Crippen LogP) is 5.13. The van der Waals surface area contributed by atoms with Crippen LogP contribution in [0.5, 0.6) is 5.75 Å². The van der Waals surface area contributed by atoms with Crippen LogP contribution in [-0.4, -0.2) is 18.2 Å². The van der Waals surface area contributed by atoms with Crippen molar-refractivity contribution in [1.82, 2.24) is 0 Å². The smallest absolute Gasteiger partial charge is 0.306 e. The molecule has 0 amide bonds. The average molecular weight is 449 g/mol. The Hall–Kier alpha value is -2.77. The molecule has 3 rings (SSSR count). The topological polar surface area (TPSA) is 76.7 Å². The van der Waals surface area contributed by atoms with Gasteiger partial charge in [0.1, 0.15) is 11.6 Å². The summed E-state index contributed by atoms with van der Waals surface area (Å²) in [5, 5.41) is 10.9.